The van der Waals surface area contributed by atoms with Crippen molar-refractivity contribution < 1.29 is 4.79 Å². The average Bonchev–Trinajstić information content (AvgIpc) is 3.41. The van der Waals surface area contributed by atoms with Gasteiger partial charge >= 0.3 is 0 Å². The van der Waals surface area contributed by atoms with E-state index in [9.17, 15) is 4.79 Å². The zero-order valence-electron chi connectivity index (χ0n) is 17.9. The van der Waals surface area contributed by atoms with Crippen molar-refractivity contribution in [2.45, 2.75) is 19.9 Å². The summed E-state index contributed by atoms with van der Waals surface area (Å²) in [5.41, 5.74) is 4.80. The Labute approximate surface area is 200 Å². The van der Waals surface area contributed by atoms with Crippen LogP contribution < -0.4 is 5.32 Å². The van der Waals surface area contributed by atoms with Crippen LogP contribution in [0.1, 0.15) is 12.0 Å². The van der Waals surface area contributed by atoms with Gasteiger partial charge in [0.15, 0.2) is 10.6 Å². The van der Waals surface area contributed by atoms with E-state index < -0.39 is 0 Å². The second-order valence-corrected chi connectivity index (χ2v) is 9.16. The molecule has 3 aromatic carbocycles. The standard InChI is InChI=1S/C25H21N5OS2/c1-16-6-4-7-17(14-16)23-28-29-25(32)30(23)13-12-22(31)26-19-9-5-8-18(15-19)24-27-20-10-2-3-11-21(20)33-24/h2-11,14-15H,12-13H2,1H3,(H,26,31)(H,29,32). The monoisotopic (exact) mass is 471 g/mol. The van der Waals surface area contributed by atoms with E-state index in [1.165, 1.54) is 0 Å². The van der Waals surface area contributed by atoms with Crippen LogP contribution >= 0.6 is 23.6 Å². The Kier molecular flexibility index (Phi) is 5.85. The number of nitrogens with one attached hydrogen (secondary N) is 2. The maximum absolute atomic E-state index is 12.7. The molecule has 0 saturated carbocycles. The number of anilines is 1. The zero-order chi connectivity index (χ0) is 22.8. The lowest BCUT2D eigenvalue weighted by Gasteiger charge is -2.09. The summed E-state index contributed by atoms with van der Waals surface area (Å²) < 4.78 is 3.50. The van der Waals surface area contributed by atoms with Crippen molar-refractivity contribution in [2.75, 3.05) is 5.32 Å². The Morgan fingerprint density at radius 2 is 1.88 bits per heavy atom. The topological polar surface area (TPSA) is 75.6 Å². The molecular formula is C25H21N5OS2. The van der Waals surface area contributed by atoms with E-state index in [4.69, 9.17) is 17.2 Å². The predicted molar refractivity (Wildman–Crippen MR) is 136 cm³/mol. The van der Waals surface area contributed by atoms with E-state index in [0.717, 1.165) is 43.4 Å². The predicted octanol–water partition coefficient (Wildman–Crippen LogP) is 6.22. The summed E-state index contributed by atoms with van der Waals surface area (Å²) in [6.45, 7) is 2.47. The Balaban J connectivity index is 1.29. The number of carbonyl (C=O) groups is 1. The van der Waals surface area contributed by atoms with Gasteiger partial charge in [0.1, 0.15) is 5.01 Å². The fourth-order valence-corrected chi connectivity index (χ4v) is 4.88. The molecule has 2 aromatic heterocycles. The Morgan fingerprint density at radius 3 is 2.73 bits per heavy atom. The highest BCUT2D eigenvalue weighted by Crippen LogP contribution is 2.31. The van der Waals surface area contributed by atoms with Crippen molar-refractivity contribution in [1.29, 1.82) is 0 Å². The number of hydrogen-bond acceptors (Lipinski definition) is 5. The number of H-pyrrole nitrogens is 1. The van der Waals surface area contributed by atoms with Crippen LogP contribution in [-0.4, -0.2) is 25.7 Å². The summed E-state index contributed by atoms with van der Waals surface area (Å²) in [7, 11) is 0. The Bertz CT molecular complexity index is 1480. The van der Waals surface area contributed by atoms with Crippen molar-refractivity contribution in [3.05, 3.63) is 83.1 Å². The van der Waals surface area contributed by atoms with Gasteiger partial charge in [-0.25, -0.2) is 4.98 Å². The van der Waals surface area contributed by atoms with Crippen LogP contribution in [0.4, 0.5) is 5.69 Å². The minimum absolute atomic E-state index is 0.0882. The van der Waals surface area contributed by atoms with Crippen LogP contribution in [-0.2, 0) is 11.3 Å². The number of aromatic amines is 1. The Hall–Kier alpha value is -3.62. The summed E-state index contributed by atoms with van der Waals surface area (Å²) in [5.74, 6) is 0.643. The number of nitrogens with zero attached hydrogens (tertiary/aromatic N) is 3. The van der Waals surface area contributed by atoms with Gasteiger partial charge in [0.2, 0.25) is 5.91 Å². The number of amides is 1. The summed E-state index contributed by atoms with van der Waals surface area (Å²) in [6.07, 6.45) is 0.276. The van der Waals surface area contributed by atoms with Crippen molar-refractivity contribution in [2.24, 2.45) is 0 Å². The molecule has 1 amide bonds. The second-order valence-electron chi connectivity index (χ2n) is 7.74. The highest BCUT2D eigenvalue weighted by molar-refractivity contribution is 7.71. The van der Waals surface area contributed by atoms with Crippen LogP contribution in [0.3, 0.4) is 0 Å². The summed E-state index contributed by atoms with van der Waals surface area (Å²) in [5, 5.41) is 11.1. The lowest BCUT2D eigenvalue weighted by atomic mass is 10.1. The van der Waals surface area contributed by atoms with Crippen LogP contribution in [0.25, 0.3) is 32.2 Å². The smallest absolute Gasteiger partial charge is 0.226 e. The van der Waals surface area contributed by atoms with E-state index in [0.29, 0.717) is 11.3 Å². The van der Waals surface area contributed by atoms with Gasteiger partial charge in [-0.3, -0.25) is 14.5 Å². The number of rotatable bonds is 6. The maximum atomic E-state index is 12.7. The first-order valence-electron chi connectivity index (χ1n) is 10.5. The second kappa shape index (κ2) is 9.09. The van der Waals surface area contributed by atoms with Crippen LogP contribution in [0.2, 0.25) is 0 Å². The molecule has 0 unspecified atom stereocenters. The molecular weight excluding hydrogens is 450 g/mol. The lowest BCUT2D eigenvalue weighted by molar-refractivity contribution is -0.116. The number of fused-ring (bicyclic) bond motifs is 1. The highest BCUT2D eigenvalue weighted by Gasteiger charge is 2.12. The number of hydrogen-bond donors (Lipinski definition) is 2. The largest absolute Gasteiger partial charge is 0.326 e. The molecule has 0 spiro atoms. The van der Waals surface area contributed by atoms with E-state index in [-0.39, 0.29) is 12.3 Å². The van der Waals surface area contributed by atoms with E-state index in [1.54, 1.807) is 11.3 Å². The fourth-order valence-electron chi connectivity index (χ4n) is 3.69. The van der Waals surface area contributed by atoms with Gasteiger partial charge in [-0.15, -0.1) is 11.3 Å². The van der Waals surface area contributed by atoms with Crippen molar-refractivity contribution in [3.63, 3.8) is 0 Å². The average molecular weight is 472 g/mol. The first kappa shape index (κ1) is 21.2. The summed E-state index contributed by atoms with van der Waals surface area (Å²) in [4.78, 5) is 17.4. The molecule has 8 heteroatoms. The van der Waals surface area contributed by atoms with Crippen LogP contribution in [0.5, 0.6) is 0 Å². The fraction of sp³-hybridized carbons (Fsp3) is 0.120. The number of carbonyl (C=O) groups excluding carboxylic acids is 1. The molecule has 6 nitrogen and oxygen atoms in total. The first-order chi connectivity index (χ1) is 16.1. The third kappa shape index (κ3) is 4.62. The maximum Gasteiger partial charge on any atom is 0.226 e. The van der Waals surface area contributed by atoms with Gasteiger partial charge in [0, 0.05) is 29.8 Å². The van der Waals surface area contributed by atoms with Gasteiger partial charge < -0.3 is 5.32 Å². The third-order valence-corrected chi connectivity index (χ3v) is 6.68. The third-order valence-electron chi connectivity index (χ3n) is 5.28. The molecule has 5 rings (SSSR count). The molecule has 0 aliphatic rings. The van der Waals surface area contributed by atoms with Crippen LogP contribution in [0.15, 0.2) is 72.8 Å². The quantitative estimate of drug-likeness (QED) is 0.288. The van der Waals surface area contributed by atoms with E-state index in [1.807, 2.05) is 72.2 Å². The number of aromatic nitrogens is 4. The zero-order valence-corrected chi connectivity index (χ0v) is 19.5. The highest BCUT2D eigenvalue weighted by atomic mass is 32.1. The molecule has 0 radical (unpaired) electrons. The molecule has 33 heavy (non-hydrogen) atoms. The summed E-state index contributed by atoms with van der Waals surface area (Å²) >= 11 is 7.03. The molecule has 0 aliphatic carbocycles. The Morgan fingerprint density at radius 1 is 1.06 bits per heavy atom. The SMILES string of the molecule is Cc1cccc(-c2n[nH]c(=S)n2CCC(=O)Nc2cccc(-c3nc4ccccc4s3)c2)c1. The molecule has 5 aromatic rings. The lowest BCUT2D eigenvalue weighted by Crippen LogP contribution is -2.15. The molecule has 0 atom stereocenters. The van der Waals surface area contributed by atoms with Gasteiger partial charge in [0.05, 0.1) is 10.2 Å². The molecule has 164 valence electrons. The first-order valence-corrected chi connectivity index (χ1v) is 11.8. The molecule has 0 fully saturated rings. The van der Waals surface area contributed by atoms with Crippen LogP contribution in [0, 0.1) is 11.7 Å². The van der Waals surface area contributed by atoms with Gasteiger partial charge in [0.25, 0.3) is 0 Å². The minimum Gasteiger partial charge on any atom is -0.326 e. The molecule has 0 bridgehead atoms. The molecule has 2 heterocycles. The number of benzene rings is 3. The van der Waals surface area contributed by atoms with Gasteiger partial charge in [-0.2, -0.15) is 5.10 Å². The number of aryl methyl sites for hydroxylation is 1. The minimum atomic E-state index is -0.0882. The molecule has 2 N–H and O–H groups in total. The van der Waals surface area contributed by atoms with E-state index >= 15 is 0 Å². The van der Waals surface area contributed by atoms with Crippen molar-refractivity contribution >= 4 is 45.4 Å². The number of thiazole rings is 1. The van der Waals surface area contributed by atoms with E-state index in [2.05, 4.69) is 27.6 Å². The van der Waals surface area contributed by atoms with Gasteiger partial charge in [-0.05, 0) is 49.5 Å². The number of para-hydroxylation sites is 1. The van der Waals surface area contributed by atoms with Gasteiger partial charge in [-0.1, -0.05) is 48.0 Å². The van der Waals surface area contributed by atoms with Crippen molar-refractivity contribution in [3.8, 4) is 22.0 Å². The molecule has 0 saturated heterocycles. The van der Waals surface area contributed by atoms with Crippen molar-refractivity contribution in [1.82, 2.24) is 19.7 Å². The normalized spacial score (nSPS) is 11.1. The summed E-state index contributed by atoms with van der Waals surface area (Å²) in [6, 6.07) is 23.9. The molecule has 0 aliphatic heterocycles.